The van der Waals surface area contributed by atoms with E-state index in [4.69, 9.17) is 4.74 Å². The zero-order chi connectivity index (χ0) is 17.2. The number of hydrogen-bond donors (Lipinski definition) is 1. The van der Waals surface area contributed by atoms with E-state index in [0.29, 0.717) is 26.1 Å². The van der Waals surface area contributed by atoms with Crippen LogP contribution in [0.5, 0.6) is 0 Å². The van der Waals surface area contributed by atoms with Crippen LogP contribution in [0.4, 0.5) is 0 Å². The SMILES string of the molecule is COCCN(Cc1cnn(C)c1)C(=O)[C@H](CCSC)NC(C)=O. The van der Waals surface area contributed by atoms with E-state index < -0.39 is 6.04 Å². The maximum absolute atomic E-state index is 12.8. The lowest BCUT2D eigenvalue weighted by Crippen LogP contribution is -2.48. The van der Waals surface area contributed by atoms with Gasteiger partial charge in [0, 0.05) is 45.9 Å². The van der Waals surface area contributed by atoms with Crippen LogP contribution < -0.4 is 5.32 Å². The number of hydrogen-bond acceptors (Lipinski definition) is 5. The molecule has 0 aliphatic heterocycles. The zero-order valence-corrected chi connectivity index (χ0v) is 15.1. The molecule has 0 bridgehead atoms. The first-order chi connectivity index (χ1) is 11.0. The van der Waals surface area contributed by atoms with Crippen molar-refractivity contribution in [2.24, 2.45) is 7.05 Å². The van der Waals surface area contributed by atoms with E-state index >= 15 is 0 Å². The van der Waals surface area contributed by atoms with Gasteiger partial charge in [-0.15, -0.1) is 0 Å². The Kier molecular flexibility index (Phi) is 8.71. The average molecular weight is 342 g/mol. The number of nitrogens with one attached hydrogen (secondary N) is 1. The first-order valence-corrected chi connectivity index (χ1v) is 8.88. The maximum atomic E-state index is 12.8. The first-order valence-electron chi connectivity index (χ1n) is 7.49. The van der Waals surface area contributed by atoms with E-state index in [1.807, 2.05) is 19.5 Å². The molecule has 0 spiro atoms. The highest BCUT2D eigenvalue weighted by Gasteiger charge is 2.25. The smallest absolute Gasteiger partial charge is 0.245 e. The molecule has 0 fully saturated rings. The zero-order valence-electron chi connectivity index (χ0n) is 14.2. The summed E-state index contributed by atoms with van der Waals surface area (Å²) < 4.78 is 6.80. The van der Waals surface area contributed by atoms with Crippen LogP contribution in [0.2, 0.25) is 0 Å². The number of amides is 2. The summed E-state index contributed by atoms with van der Waals surface area (Å²) in [6, 6.07) is -0.506. The van der Waals surface area contributed by atoms with Crippen LogP contribution in [0.3, 0.4) is 0 Å². The Labute approximate surface area is 141 Å². The summed E-state index contributed by atoms with van der Waals surface area (Å²) in [7, 11) is 3.44. The molecule has 0 aromatic carbocycles. The van der Waals surface area contributed by atoms with Crippen LogP contribution in [-0.2, 0) is 27.9 Å². The normalized spacial score (nSPS) is 12.0. The van der Waals surface area contributed by atoms with Gasteiger partial charge < -0.3 is 15.0 Å². The minimum absolute atomic E-state index is 0.0878. The molecule has 0 saturated carbocycles. The van der Waals surface area contributed by atoms with E-state index in [-0.39, 0.29) is 11.8 Å². The van der Waals surface area contributed by atoms with Crippen LogP contribution in [0.25, 0.3) is 0 Å². The molecule has 130 valence electrons. The molecule has 1 aromatic heterocycles. The van der Waals surface area contributed by atoms with Gasteiger partial charge in [0.2, 0.25) is 11.8 Å². The second kappa shape index (κ2) is 10.3. The predicted molar refractivity (Wildman–Crippen MR) is 91.1 cm³/mol. The highest BCUT2D eigenvalue weighted by Crippen LogP contribution is 2.09. The van der Waals surface area contributed by atoms with Crippen molar-refractivity contribution in [3.8, 4) is 0 Å². The highest BCUT2D eigenvalue weighted by molar-refractivity contribution is 7.98. The van der Waals surface area contributed by atoms with E-state index in [1.165, 1.54) is 6.92 Å². The van der Waals surface area contributed by atoms with Gasteiger partial charge in [0.05, 0.1) is 12.8 Å². The average Bonchev–Trinajstić information content (AvgIpc) is 2.92. The third-order valence-electron chi connectivity index (χ3n) is 3.30. The second-order valence-electron chi connectivity index (χ2n) is 5.31. The third kappa shape index (κ3) is 7.04. The van der Waals surface area contributed by atoms with Gasteiger partial charge in [-0.25, -0.2) is 0 Å². The molecule has 2 amide bonds. The Morgan fingerprint density at radius 3 is 2.78 bits per heavy atom. The molecule has 7 nitrogen and oxygen atoms in total. The van der Waals surface area contributed by atoms with Crippen molar-refractivity contribution in [2.75, 3.05) is 32.3 Å². The number of rotatable bonds is 10. The fraction of sp³-hybridized carbons (Fsp3) is 0.667. The molecule has 1 rings (SSSR count). The lowest BCUT2D eigenvalue weighted by molar-refractivity contribution is -0.137. The van der Waals surface area contributed by atoms with Gasteiger partial charge in [0.25, 0.3) is 0 Å². The van der Waals surface area contributed by atoms with Crippen LogP contribution >= 0.6 is 11.8 Å². The number of nitrogens with zero attached hydrogens (tertiary/aromatic N) is 3. The highest BCUT2D eigenvalue weighted by atomic mass is 32.2. The van der Waals surface area contributed by atoms with Crippen molar-refractivity contribution in [1.29, 1.82) is 0 Å². The standard InChI is InChI=1S/C15H26N4O3S/c1-12(20)17-14(5-8-23-4)15(21)19(6-7-22-3)11-13-9-16-18(2)10-13/h9-10,14H,5-8,11H2,1-4H3,(H,17,20)/t14-/m0/s1. The van der Waals surface area contributed by atoms with Crippen LogP contribution in [0, 0.1) is 0 Å². The molecule has 0 aliphatic carbocycles. The molecular formula is C15H26N4O3S. The Morgan fingerprint density at radius 2 is 2.26 bits per heavy atom. The molecule has 0 saturated heterocycles. The maximum Gasteiger partial charge on any atom is 0.245 e. The van der Waals surface area contributed by atoms with Gasteiger partial charge in [0.15, 0.2) is 0 Å². The summed E-state index contributed by atoms with van der Waals surface area (Å²) >= 11 is 1.65. The molecule has 0 radical (unpaired) electrons. The van der Waals surface area contributed by atoms with E-state index in [0.717, 1.165) is 11.3 Å². The first kappa shape index (κ1) is 19.5. The summed E-state index contributed by atoms with van der Waals surface area (Å²) in [5, 5.41) is 6.88. The van der Waals surface area contributed by atoms with E-state index in [2.05, 4.69) is 10.4 Å². The molecular weight excluding hydrogens is 316 g/mol. The molecule has 8 heteroatoms. The van der Waals surface area contributed by atoms with Gasteiger partial charge in [-0.3, -0.25) is 14.3 Å². The summed E-state index contributed by atoms with van der Waals surface area (Å²) in [6.45, 7) is 2.80. The third-order valence-corrected chi connectivity index (χ3v) is 3.94. The van der Waals surface area contributed by atoms with Crippen molar-refractivity contribution in [3.63, 3.8) is 0 Å². The number of ether oxygens (including phenoxy) is 1. The van der Waals surface area contributed by atoms with E-state index in [9.17, 15) is 9.59 Å². The minimum atomic E-state index is -0.506. The summed E-state index contributed by atoms with van der Waals surface area (Å²) in [6.07, 6.45) is 6.20. The number of carbonyl (C=O) groups is 2. The van der Waals surface area contributed by atoms with Crippen LogP contribution in [-0.4, -0.2) is 64.8 Å². The monoisotopic (exact) mass is 342 g/mol. The number of methoxy groups -OCH3 is 1. The quantitative estimate of drug-likeness (QED) is 0.676. The van der Waals surface area contributed by atoms with Crippen molar-refractivity contribution in [2.45, 2.75) is 25.9 Å². The van der Waals surface area contributed by atoms with E-state index in [1.54, 1.807) is 34.7 Å². The molecule has 1 heterocycles. The lowest BCUT2D eigenvalue weighted by Gasteiger charge is -2.27. The topological polar surface area (TPSA) is 76.5 Å². The van der Waals surface area contributed by atoms with Crippen LogP contribution in [0.15, 0.2) is 12.4 Å². The van der Waals surface area contributed by atoms with Crippen molar-refractivity contribution < 1.29 is 14.3 Å². The van der Waals surface area contributed by atoms with Crippen molar-refractivity contribution in [3.05, 3.63) is 18.0 Å². The number of carbonyl (C=O) groups excluding carboxylic acids is 2. The molecule has 0 aliphatic rings. The van der Waals surface area contributed by atoms with Crippen molar-refractivity contribution >= 4 is 23.6 Å². The number of aromatic nitrogens is 2. The lowest BCUT2D eigenvalue weighted by atomic mass is 10.1. The van der Waals surface area contributed by atoms with Gasteiger partial charge in [-0.2, -0.15) is 16.9 Å². The largest absolute Gasteiger partial charge is 0.383 e. The number of aryl methyl sites for hydroxylation is 1. The van der Waals surface area contributed by atoms with Gasteiger partial charge in [-0.05, 0) is 18.4 Å². The molecule has 1 N–H and O–H groups in total. The Morgan fingerprint density at radius 1 is 1.52 bits per heavy atom. The molecule has 23 heavy (non-hydrogen) atoms. The van der Waals surface area contributed by atoms with Crippen molar-refractivity contribution in [1.82, 2.24) is 20.0 Å². The fourth-order valence-electron chi connectivity index (χ4n) is 2.20. The Hall–Kier alpha value is -1.54. The summed E-state index contributed by atoms with van der Waals surface area (Å²) in [5.41, 5.74) is 0.948. The fourth-order valence-corrected chi connectivity index (χ4v) is 2.67. The summed E-state index contributed by atoms with van der Waals surface area (Å²) in [4.78, 5) is 25.9. The van der Waals surface area contributed by atoms with Gasteiger partial charge in [-0.1, -0.05) is 0 Å². The minimum Gasteiger partial charge on any atom is -0.383 e. The van der Waals surface area contributed by atoms with Crippen LogP contribution in [0.1, 0.15) is 18.9 Å². The Balaban J connectivity index is 2.82. The van der Waals surface area contributed by atoms with Gasteiger partial charge >= 0.3 is 0 Å². The molecule has 0 unspecified atom stereocenters. The van der Waals surface area contributed by atoms with Gasteiger partial charge in [0.1, 0.15) is 6.04 Å². The number of thioether (sulfide) groups is 1. The summed E-state index contributed by atoms with van der Waals surface area (Å²) in [5.74, 6) is 0.523. The predicted octanol–water partition coefficient (Wildman–Crippen LogP) is 0.653. The second-order valence-corrected chi connectivity index (χ2v) is 6.30. The molecule has 1 atom stereocenters. The Bertz CT molecular complexity index is 507. The molecule has 1 aromatic rings.